The maximum atomic E-state index is 13.4. The zero-order valence-electron chi connectivity index (χ0n) is 18.3. The summed E-state index contributed by atoms with van der Waals surface area (Å²) in [6.07, 6.45) is 1.71. The van der Waals surface area contributed by atoms with Crippen LogP contribution < -0.4 is 10.1 Å². The number of urea groups is 1. The fraction of sp³-hybridized carbons (Fsp3) is 0.192. The van der Waals surface area contributed by atoms with E-state index in [1.807, 2.05) is 72.8 Å². The van der Waals surface area contributed by atoms with Crippen LogP contribution in [0, 0.1) is 0 Å². The molecule has 1 atom stereocenters. The second kappa shape index (κ2) is 8.78. The molecule has 2 aliphatic rings. The molecule has 0 aliphatic carbocycles. The van der Waals surface area contributed by atoms with Crippen molar-refractivity contribution < 1.29 is 14.3 Å². The number of rotatable bonds is 6. The Morgan fingerprint density at radius 3 is 2.64 bits per heavy atom. The topological polar surface area (TPSA) is 74.8 Å². The van der Waals surface area contributed by atoms with Gasteiger partial charge in [-0.15, -0.1) is 0 Å². The third kappa shape index (κ3) is 4.17. The lowest BCUT2D eigenvalue weighted by atomic mass is 9.95. The molecule has 33 heavy (non-hydrogen) atoms. The summed E-state index contributed by atoms with van der Waals surface area (Å²) < 4.78 is 5.97. The van der Waals surface area contributed by atoms with E-state index in [4.69, 9.17) is 4.74 Å². The van der Waals surface area contributed by atoms with E-state index in [0.717, 1.165) is 22.5 Å². The summed E-state index contributed by atoms with van der Waals surface area (Å²) in [6, 6.07) is 22.3. The maximum Gasteiger partial charge on any atom is 0.322 e. The first-order valence-corrected chi connectivity index (χ1v) is 10.8. The van der Waals surface area contributed by atoms with Gasteiger partial charge in [0.1, 0.15) is 12.4 Å². The predicted molar refractivity (Wildman–Crippen MR) is 123 cm³/mol. The van der Waals surface area contributed by atoms with Crippen molar-refractivity contribution in [2.24, 2.45) is 0 Å². The number of hydrogen-bond donors (Lipinski definition) is 1. The lowest BCUT2D eigenvalue weighted by Gasteiger charge is -2.31. The molecular weight excluding hydrogens is 416 g/mol. The highest BCUT2D eigenvalue weighted by atomic mass is 16.5. The molecule has 0 bridgehead atoms. The molecule has 3 aromatic rings. The Morgan fingerprint density at radius 2 is 1.85 bits per heavy atom. The molecule has 166 valence electrons. The van der Waals surface area contributed by atoms with Crippen LogP contribution in [0.2, 0.25) is 0 Å². The van der Waals surface area contributed by atoms with Crippen LogP contribution in [-0.4, -0.2) is 40.3 Å². The Labute approximate surface area is 192 Å². The van der Waals surface area contributed by atoms with Gasteiger partial charge in [-0.3, -0.25) is 14.7 Å². The molecule has 3 amide bonds. The lowest BCUT2D eigenvalue weighted by molar-refractivity contribution is -0.126. The SMILES string of the molecule is CN1C(=O)NC(c2cccc(OCc3ccccc3)c2)C2=C1CN(Cc1ccccn1)C2=O. The Balaban J connectivity index is 1.40. The van der Waals surface area contributed by atoms with E-state index < -0.39 is 6.04 Å². The number of carbonyl (C=O) groups is 2. The monoisotopic (exact) mass is 440 g/mol. The molecule has 0 fully saturated rings. The van der Waals surface area contributed by atoms with Crippen molar-refractivity contribution in [2.75, 3.05) is 13.6 Å². The number of amides is 3. The highest BCUT2D eigenvalue weighted by Crippen LogP contribution is 2.37. The van der Waals surface area contributed by atoms with Crippen LogP contribution in [0.3, 0.4) is 0 Å². The Morgan fingerprint density at radius 1 is 1.03 bits per heavy atom. The number of ether oxygens (including phenoxy) is 1. The second-order valence-electron chi connectivity index (χ2n) is 8.13. The molecule has 2 aromatic carbocycles. The Hall–Kier alpha value is -4.13. The van der Waals surface area contributed by atoms with Crippen molar-refractivity contribution in [3.63, 3.8) is 0 Å². The summed E-state index contributed by atoms with van der Waals surface area (Å²) in [5.74, 6) is 0.588. The third-order valence-electron chi connectivity index (χ3n) is 5.95. The highest BCUT2D eigenvalue weighted by Gasteiger charge is 2.42. The zero-order chi connectivity index (χ0) is 22.8. The van der Waals surface area contributed by atoms with Crippen molar-refractivity contribution in [3.05, 3.63) is 107 Å². The van der Waals surface area contributed by atoms with E-state index in [9.17, 15) is 9.59 Å². The van der Waals surface area contributed by atoms with Gasteiger partial charge in [-0.25, -0.2) is 4.79 Å². The summed E-state index contributed by atoms with van der Waals surface area (Å²) in [7, 11) is 1.69. The fourth-order valence-electron chi connectivity index (χ4n) is 4.21. The van der Waals surface area contributed by atoms with Gasteiger partial charge in [0.25, 0.3) is 5.91 Å². The van der Waals surface area contributed by atoms with E-state index in [2.05, 4.69) is 10.3 Å². The number of hydrogen-bond acceptors (Lipinski definition) is 4. The number of carbonyl (C=O) groups excluding carboxylic acids is 2. The van der Waals surface area contributed by atoms with Crippen LogP contribution in [0.1, 0.15) is 22.9 Å². The van der Waals surface area contributed by atoms with Crippen molar-refractivity contribution in [1.29, 1.82) is 0 Å². The van der Waals surface area contributed by atoms with Crippen LogP contribution in [0.15, 0.2) is 90.3 Å². The summed E-state index contributed by atoms with van der Waals surface area (Å²) >= 11 is 0. The molecule has 0 saturated heterocycles. The number of benzene rings is 2. The number of pyridine rings is 1. The van der Waals surface area contributed by atoms with E-state index in [1.165, 1.54) is 4.90 Å². The minimum atomic E-state index is -0.537. The van der Waals surface area contributed by atoms with Crippen molar-refractivity contribution >= 4 is 11.9 Å². The number of nitrogens with zero attached hydrogens (tertiary/aromatic N) is 3. The van der Waals surface area contributed by atoms with Crippen molar-refractivity contribution in [1.82, 2.24) is 20.1 Å². The first-order valence-electron chi connectivity index (χ1n) is 10.8. The predicted octanol–water partition coefficient (Wildman–Crippen LogP) is 3.65. The first-order chi connectivity index (χ1) is 16.1. The molecule has 7 nitrogen and oxygen atoms in total. The lowest BCUT2D eigenvalue weighted by Crippen LogP contribution is -2.45. The summed E-state index contributed by atoms with van der Waals surface area (Å²) in [4.78, 5) is 33.7. The normalized spacial score (nSPS) is 17.8. The van der Waals surface area contributed by atoms with Gasteiger partial charge in [-0.05, 0) is 35.4 Å². The smallest absolute Gasteiger partial charge is 0.322 e. The third-order valence-corrected chi connectivity index (χ3v) is 5.95. The van der Waals surface area contributed by atoms with Crippen LogP contribution in [-0.2, 0) is 17.9 Å². The van der Waals surface area contributed by atoms with E-state index in [1.54, 1.807) is 18.1 Å². The van der Waals surface area contributed by atoms with E-state index >= 15 is 0 Å². The fourth-order valence-corrected chi connectivity index (χ4v) is 4.21. The van der Waals surface area contributed by atoms with E-state index in [0.29, 0.717) is 31.0 Å². The minimum Gasteiger partial charge on any atom is -0.489 e. The van der Waals surface area contributed by atoms with Crippen LogP contribution in [0.4, 0.5) is 4.79 Å². The van der Waals surface area contributed by atoms with Crippen LogP contribution in [0.5, 0.6) is 5.75 Å². The molecule has 0 radical (unpaired) electrons. The van der Waals surface area contributed by atoms with Gasteiger partial charge in [0, 0.05) is 13.2 Å². The molecule has 2 aliphatic heterocycles. The molecular formula is C26H24N4O3. The molecule has 0 spiro atoms. The maximum absolute atomic E-state index is 13.4. The summed E-state index contributed by atoms with van der Waals surface area (Å²) in [5, 5.41) is 2.98. The molecule has 1 N–H and O–H groups in total. The Kier molecular flexibility index (Phi) is 5.52. The summed E-state index contributed by atoms with van der Waals surface area (Å²) in [6.45, 7) is 1.20. The minimum absolute atomic E-state index is 0.0943. The second-order valence-corrected chi connectivity index (χ2v) is 8.13. The molecule has 1 aromatic heterocycles. The molecule has 5 rings (SSSR count). The van der Waals surface area contributed by atoms with E-state index in [-0.39, 0.29) is 11.9 Å². The van der Waals surface area contributed by atoms with Crippen LogP contribution >= 0.6 is 0 Å². The van der Waals surface area contributed by atoms with Gasteiger partial charge in [0.2, 0.25) is 0 Å². The van der Waals surface area contributed by atoms with Gasteiger partial charge in [-0.1, -0.05) is 48.5 Å². The van der Waals surface area contributed by atoms with Gasteiger partial charge in [0.05, 0.1) is 36.1 Å². The van der Waals surface area contributed by atoms with Gasteiger partial charge >= 0.3 is 6.03 Å². The number of aromatic nitrogens is 1. The highest BCUT2D eigenvalue weighted by molar-refractivity contribution is 6.01. The molecule has 7 heteroatoms. The van der Waals surface area contributed by atoms with Gasteiger partial charge < -0.3 is 15.0 Å². The average Bonchev–Trinajstić information content (AvgIpc) is 3.17. The first kappa shape index (κ1) is 20.8. The van der Waals surface area contributed by atoms with Gasteiger partial charge in [-0.2, -0.15) is 0 Å². The largest absolute Gasteiger partial charge is 0.489 e. The molecule has 1 unspecified atom stereocenters. The molecule has 0 saturated carbocycles. The number of nitrogens with one attached hydrogen (secondary N) is 1. The van der Waals surface area contributed by atoms with Crippen LogP contribution in [0.25, 0.3) is 0 Å². The Bertz CT molecular complexity index is 1210. The molecule has 3 heterocycles. The zero-order valence-corrected chi connectivity index (χ0v) is 18.3. The van der Waals surface area contributed by atoms with Crippen molar-refractivity contribution in [3.8, 4) is 5.75 Å². The van der Waals surface area contributed by atoms with Crippen molar-refractivity contribution in [2.45, 2.75) is 19.2 Å². The number of likely N-dealkylation sites (N-methyl/N-ethyl adjacent to an activating group) is 1. The van der Waals surface area contributed by atoms with Gasteiger partial charge in [0.15, 0.2) is 0 Å². The summed E-state index contributed by atoms with van der Waals surface area (Å²) in [5.41, 5.74) is 3.99. The average molecular weight is 441 g/mol. The standard InChI is InChI=1S/C26H24N4O3/c1-29-22-16-30(15-20-11-5-6-13-27-20)25(31)23(22)24(28-26(29)32)19-10-7-12-21(14-19)33-17-18-8-3-2-4-9-18/h2-14,24H,15-17H2,1H3,(H,28,32). The quantitative estimate of drug-likeness (QED) is 0.635.